The smallest absolute Gasteiger partial charge is 0.224 e. The van der Waals surface area contributed by atoms with Crippen LogP contribution in [0.15, 0.2) is 30.3 Å². The van der Waals surface area contributed by atoms with Crippen molar-refractivity contribution in [1.82, 2.24) is 10.2 Å². The van der Waals surface area contributed by atoms with Crippen LogP contribution in [0.25, 0.3) is 0 Å². The lowest BCUT2D eigenvalue weighted by molar-refractivity contribution is -0.125. The molecule has 1 aromatic carbocycles. The lowest BCUT2D eigenvalue weighted by Crippen LogP contribution is -2.38. The van der Waals surface area contributed by atoms with Crippen LogP contribution in [0.2, 0.25) is 0 Å². The number of likely N-dealkylation sites (tertiary alicyclic amines) is 1. The van der Waals surface area contributed by atoms with Crippen LogP contribution in [0.4, 0.5) is 0 Å². The molecular weight excluding hydrogens is 286 g/mol. The first-order valence-corrected chi connectivity index (χ1v) is 8.92. The topological polar surface area (TPSA) is 58.4 Å². The molecule has 0 aliphatic carbocycles. The van der Waals surface area contributed by atoms with E-state index in [2.05, 4.69) is 17.1 Å². The van der Waals surface area contributed by atoms with E-state index in [0.29, 0.717) is 0 Å². The quantitative estimate of drug-likeness (QED) is 0.812. The Labute approximate surface area is 140 Å². The third-order valence-corrected chi connectivity index (χ3v) is 5.14. The van der Waals surface area contributed by atoms with Gasteiger partial charge < -0.3 is 16.0 Å². The van der Waals surface area contributed by atoms with Gasteiger partial charge in [-0.05, 0) is 50.4 Å². The molecule has 128 valence electrons. The van der Waals surface area contributed by atoms with Crippen molar-refractivity contribution < 1.29 is 4.79 Å². The molecule has 2 unspecified atom stereocenters. The van der Waals surface area contributed by atoms with Crippen LogP contribution >= 0.6 is 0 Å². The molecule has 4 nitrogen and oxygen atoms in total. The second-order valence-corrected chi connectivity index (χ2v) is 6.68. The number of rotatable bonds is 7. The standard InChI is InChI=1S/C19H31N3O/c1-3-22-13-10-16(11-14-22)9-12-21-19(23)15(2)18(20)17-7-5-4-6-8-17/h4-8,15-16,18H,3,9-14,20H2,1-2H3,(H,21,23). The summed E-state index contributed by atoms with van der Waals surface area (Å²) in [5, 5.41) is 3.07. The molecule has 1 saturated heterocycles. The van der Waals surface area contributed by atoms with Gasteiger partial charge in [-0.25, -0.2) is 0 Å². The SMILES string of the molecule is CCN1CCC(CCNC(=O)C(C)C(N)c2ccccc2)CC1. The molecule has 3 N–H and O–H groups in total. The lowest BCUT2D eigenvalue weighted by Gasteiger charge is -2.31. The number of carbonyl (C=O) groups excluding carboxylic acids is 1. The maximum Gasteiger partial charge on any atom is 0.224 e. The first-order chi connectivity index (χ1) is 11.1. The second kappa shape index (κ2) is 9.04. The van der Waals surface area contributed by atoms with Crippen LogP contribution in [0.3, 0.4) is 0 Å². The fraction of sp³-hybridized carbons (Fsp3) is 0.632. The van der Waals surface area contributed by atoms with Gasteiger partial charge in [0.15, 0.2) is 0 Å². The monoisotopic (exact) mass is 317 g/mol. The molecular formula is C19H31N3O. The molecule has 0 radical (unpaired) electrons. The molecule has 1 amide bonds. The van der Waals surface area contributed by atoms with Gasteiger partial charge in [0.2, 0.25) is 5.91 Å². The molecule has 0 bridgehead atoms. The number of carbonyl (C=O) groups is 1. The van der Waals surface area contributed by atoms with Crippen LogP contribution in [-0.2, 0) is 4.79 Å². The van der Waals surface area contributed by atoms with Crippen molar-refractivity contribution in [3.8, 4) is 0 Å². The Hall–Kier alpha value is -1.39. The minimum absolute atomic E-state index is 0.0624. The van der Waals surface area contributed by atoms with E-state index in [4.69, 9.17) is 5.73 Å². The molecule has 1 fully saturated rings. The highest BCUT2D eigenvalue weighted by molar-refractivity contribution is 5.79. The predicted octanol–water partition coefficient (Wildman–Crippen LogP) is 2.56. The third-order valence-electron chi connectivity index (χ3n) is 5.14. The summed E-state index contributed by atoms with van der Waals surface area (Å²) in [6.07, 6.45) is 3.59. The minimum Gasteiger partial charge on any atom is -0.356 e. The molecule has 0 spiro atoms. The molecule has 2 atom stereocenters. The van der Waals surface area contributed by atoms with E-state index >= 15 is 0 Å². The number of piperidine rings is 1. The first-order valence-electron chi connectivity index (χ1n) is 8.92. The zero-order valence-electron chi connectivity index (χ0n) is 14.5. The van der Waals surface area contributed by atoms with Gasteiger partial charge in [0, 0.05) is 12.6 Å². The Bertz CT molecular complexity index is 469. The van der Waals surface area contributed by atoms with Gasteiger partial charge in [0.05, 0.1) is 5.92 Å². The largest absolute Gasteiger partial charge is 0.356 e. The second-order valence-electron chi connectivity index (χ2n) is 6.68. The van der Waals surface area contributed by atoms with E-state index in [-0.39, 0.29) is 17.9 Å². The molecule has 1 aliphatic heterocycles. The van der Waals surface area contributed by atoms with Crippen LogP contribution < -0.4 is 11.1 Å². The maximum absolute atomic E-state index is 12.3. The van der Waals surface area contributed by atoms with Gasteiger partial charge >= 0.3 is 0 Å². The van der Waals surface area contributed by atoms with E-state index in [9.17, 15) is 4.79 Å². The van der Waals surface area contributed by atoms with E-state index in [1.807, 2.05) is 37.3 Å². The van der Waals surface area contributed by atoms with Gasteiger partial charge in [-0.15, -0.1) is 0 Å². The highest BCUT2D eigenvalue weighted by Crippen LogP contribution is 2.21. The van der Waals surface area contributed by atoms with E-state index < -0.39 is 0 Å². The molecule has 1 heterocycles. The van der Waals surface area contributed by atoms with Gasteiger partial charge in [-0.3, -0.25) is 4.79 Å². The highest BCUT2D eigenvalue weighted by atomic mass is 16.1. The molecule has 1 aliphatic rings. The summed E-state index contributed by atoms with van der Waals surface area (Å²) >= 11 is 0. The molecule has 23 heavy (non-hydrogen) atoms. The summed E-state index contributed by atoms with van der Waals surface area (Å²) in [4.78, 5) is 14.8. The number of hydrogen-bond acceptors (Lipinski definition) is 3. The van der Waals surface area contributed by atoms with E-state index in [0.717, 1.165) is 31.0 Å². The molecule has 1 aromatic rings. The van der Waals surface area contributed by atoms with E-state index in [1.165, 1.54) is 25.9 Å². The summed E-state index contributed by atoms with van der Waals surface area (Å²) in [5.41, 5.74) is 7.23. The van der Waals surface area contributed by atoms with Crippen molar-refractivity contribution in [3.63, 3.8) is 0 Å². The van der Waals surface area contributed by atoms with Crippen molar-refractivity contribution in [2.45, 2.75) is 39.2 Å². The number of nitrogens with one attached hydrogen (secondary N) is 1. The minimum atomic E-state index is -0.246. The predicted molar refractivity (Wildman–Crippen MR) is 95.0 cm³/mol. The van der Waals surface area contributed by atoms with Crippen LogP contribution in [0.5, 0.6) is 0 Å². The Morgan fingerprint density at radius 1 is 1.30 bits per heavy atom. The van der Waals surface area contributed by atoms with Gasteiger partial charge in [-0.2, -0.15) is 0 Å². The zero-order valence-corrected chi connectivity index (χ0v) is 14.5. The summed E-state index contributed by atoms with van der Waals surface area (Å²) < 4.78 is 0. The van der Waals surface area contributed by atoms with Crippen molar-refractivity contribution in [1.29, 1.82) is 0 Å². The average molecular weight is 317 g/mol. The van der Waals surface area contributed by atoms with Crippen LogP contribution in [0.1, 0.15) is 44.7 Å². The van der Waals surface area contributed by atoms with Crippen molar-refractivity contribution in [2.24, 2.45) is 17.6 Å². The number of hydrogen-bond donors (Lipinski definition) is 2. The van der Waals surface area contributed by atoms with Crippen molar-refractivity contribution >= 4 is 5.91 Å². The molecule has 0 saturated carbocycles. The van der Waals surface area contributed by atoms with Gasteiger partial charge in [0.25, 0.3) is 0 Å². The normalized spacial score (nSPS) is 19.3. The van der Waals surface area contributed by atoms with Crippen LogP contribution in [-0.4, -0.2) is 37.0 Å². The number of amides is 1. The third kappa shape index (κ3) is 5.33. The van der Waals surface area contributed by atoms with Gasteiger partial charge in [-0.1, -0.05) is 44.2 Å². The number of nitrogens with two attached hydrogens (primary N) is 1. The average Bonchev–Trinajstić information content (AvgIpc) is 2.61. The fourth-order valence-corrected chi connectivity index (χ4v) is 3.28. The molecule has 2 rings (SSSR count). The van der Waals surface area contributed by atoms with Crippen LogP contribution in [0, 0.1) is 11.8 Å². The number of nitrogens with zero attached hydrogens (tertiary/aromatic N) is 1. The summed E-state index contributed by atoms with van der Waals surface area (Å²) in [7, 11) is 0. The van der Waals surface area contributed by atoms with Gasteiger partial charge in [0.1, 0.15) is 0 Å². The Kier molecular flexibility index (Phi) is 7.06. The Morgan fingerprint density at radius 3 is 2.57 bits per heavy atom. The number of benzene rings is 1. The fourth-order valence-electron chi connectivity index (χ4n) is 3.28. The zero-order chi connectivity index (χ0) is 16.7. The van der Waals surface area contributed by atoms with E-state index in [1.54, 1.807) is 0 Å². The van der Waals surface area contributed by atoms with Crippen molar-refractivity contribution in [2.75, 3.05) is 26.2 Å². The molecule has 4 heteroatoms. The first kappa shape index (κ1) is 18.0. The highest BCUT2D eigenvalue weighted by Gasteiger charge is 2.22. The summed E-state index contributed by atoms with van der Waals surface area (Å²) in [6, 6.07) is 9.60. The molecule has 0 aromatic heterocycles. The summed E-state index contributed by atoms with van der Waals surface area (Å²) in [6.45, 7) is 8.44. The Balaban J connectivity index is 1.70. The summed E-state index contributed by atoms with van der Waals surface area (Å²) in [5.74, 6) is 0.600. The maximum atomic E-state index is 12.3. The van der Waals surface area contributed by atoms with Crippen molar-refractivity contribution in [3.05, 3.63) is 35.9 Å². The Morgan fingerprint density at radius 2 is 1.96 bits per heavy atom. The lowest BCUT2D eigenvalue weighted by atomic mass is 9.92.